The van der Waals surface area contributed by atoms with Crippen LogP contribution in [0.1, 0.15) is 122 Å². The van der Waals surface area contributed by atoms with Crippen molar-refractivity contribution in [3.8, 4) is 17.2 Å². The average molecular weight is 1440 g/mol. The van der Waals surface area contributed by atoms with E-state index < -0.39 is 130 Å². The van der Waals surface area contributed by atoms with Gasteiger partial charge in [-0.05, 0) is 69.2 Å². The summed E-state index contributed by atoms with van der Waals surface area (Å²) in [4.78, 5) is 142. The predicted molar refractivity (Wildman–Crippen MR) is 386 cm³/mol. The number of benzene rings is 4. The molecule has 104 heavy (non-hydrogen) atoms. The first-order valence-corrected chi connectivity index (χ1v) is 35.0. The third-order valence-corrected chi connectivity index (χ3v) is 19.5. The van der Waals surface area contributed by atoms with Crippen LogP contribution < -0.4 is 57.4 Å². The maximum absolute atomic E-state index is 15.3. The molecule has 0 radical (unpaired) electrons. The number of allylic oxidation sites excluding steroid dienone is 2. The van der Waals surface area contributed by atoms with Gasteiger partial charge in [0.1, 0.15) is 47.3 Å². The number of amides is 8. The molecule has 5 heterocycles. The molecule has 9 rings (SSSR count). The molecule has 1 saturated heterocycles. The SMILES string of the molecule is CO[C@H]1/C=C/O[C@@]2(C)Oc3c(C)c(=O)c4c(O)c(c5oc6cc(N7CCNCC7)cc(OCc7ccc(NC(=O)[C@H](CCCNC(N)=O)NC(=O)[C@@H](NC(=O)CCCCCN8C(=O)C=CC8=O)C(C)C)cc7)c6nc5c4c3C2=O)NC(=O)/C(C)=C\C=C\[C@H](C)[C@H](O)[C@@H](C)[C@@H](O)[C@@H](C)[C@H](OC(C)=O)[C@@H]1C. The normalized spacial score (nSPS) is 24.2. The highest BCUT2D eigenvalue weighted by molar-refractivity contribution is 6.26. The minimum Gasteiger partial charge on any atom is -0.505 e. The number of methoxy groups -OCH3 is 1. The van der Waals surface area contributed by atoms with Crippen LogP contribution in [0.4, 0.5) is 21.9 Å². The summed E-state index contributed by atoms with van der Waals surface area (Å²) in [5.74, 6) is -10.7. The number of urea groups is 1. The van der Waals surface area contributed by atoms with Crippen molar-refractivity contribution >= 4 is 103 Å². The van der Waals surface area contributed by atoms with Crippen molar-refractivity contribution in [3.05, 3.63) is 112 Å². The van der Waals surface area contributed by atoms with E-state index in [1.807, 2.05) is 0 Å². The quantitative estimate of drug-likeness (QED) is 0.00884. The van der Waals surface area contributed by atoms with E-state index in [1.165, 1.54) is 65.4 Å². The van der Waals surface area contributed by atoms with E-state index >= 15 is 4.79 Å². The van der Waals surface area contributed by atoms with E-state index in [4.69, 9.17) is 38.8 Å². The number of esters is 1. The lowest BCUT2D eigenvalue weighted by Crippen LogP contribution is -2.54. The average Bonchev–Trinajstić information content (AvgIpc) is 1.43. The molecule has 5 aromatic rings. The molecule has 0 saturated carbocycles. The lowest BCUT2D eigenvalue weighted by molar-refractivity contribution is -0.160. The molecule has 558 valence electrons. The van der Waals surface area contributed by atoms with Crippen LogP contribution in [0.25, 0.3) is 33.0 Å². The molecule has 0 aliphatic carbocycles. The van der Waals surface area contributed by atoms with Gasteiger partial charge >= 0.3 is 17.8 Å². The molecular weight excluding hydrogens is 1340 g/mol. The molecule has 0 spiro atoms. The number of ether oxygens (including phenoxy) is 5. The number of imide groups is 1. The second-order valence-electron chi connectivity index (χ2n) is 27.5. The van der Waals surface area contributed by atoms with Crippen molar-refractivity contribution in [2.24, 2.45) is 35.3 Å². The van der Waals surface area contributed by atoms with Crippen LogP contribution >= 0.6 is 0 Å². The van der Waals surface area contributed by atoms with Crippen LogP contribution in [0.5, 0.6) is 17.2 Å². The Balaban J connectivity index is 1.05. The fourth-order valence-electron chi connectivity index (χ4n) is 13.4. The molecular formula is C75H94N10O19. The van der Waals surface area contributed by atoms with Gasteiger partial charge < -0.3 is 86.0 Å². The zero-order chi connectivity index (χ0) is 75.6. The third kappa shape index (κ3) is 17.7. The minimum atomic E-state index is -2.19. The second-order valence-corrected chi connectivity index (χ2v) is 27.5. The Hall–Kier alpha value is -10.2. The number of hydrogen-bond acceptors (Lipinski definition) is 22. The fourth-order valence-corrected chi connectivity index (χ4v) is 13.4. The molecule has 0 unspecified atom stereocenters. The number of ketones is 1. The molecule has 29 nitrogen and oxygen atoms in total. The van der Waals surface area contributed by atoms with E-state index in [2.05, 4.69) is 36.8 Å². The van der Waals surface area contributed by atoms with Gasteiger partial charge in [0.25, 0.3) is 23.5 Å². The fraction of sp³-hybridized carbons (Fsp3) is 0.480. The molecule has 29 heteroatoms. The van der Waals surface area contributed by atoms with Crippen LogP contribution in [0.2, 0.25) is 0 Å². The molecule has 4 aromatic carbocycles. The Morgan fingerprint density at radius 3 is 2.22 bits per heavy atom. The number of phenolic OH excluding ortho intramolecular Hbond substituents is 1. The Kier molecular flexibility index (Phi) is 25.4. The molecule has 1 fully saturated rings. The highest BCUT2D eigenvalue weighted by Crippen LogP contribution is 2.49. The van der Waals surface area contributed by atoms with E-state index in [9.17, 15) is 58.5 Å². The highest BCUT2D eigenvalue weighted by atomic mass is 16.7. The monoisotopic (exact) mass is 1440 g/mol. The van der Waals surface area contributed by atoms with Crippen molar-refractivity contribution in [3.63, 3.8) is 0 Å². The number of Topliss-reactive ketones (excluding diaryl/α,β-unsaturated/α-hetero) is 1. The molecule has 4 bridgehead atoms. The van der Waals surface area contributed by atoms with Gasteiger partial charge in [-0.25, -0.2) is 9.78 Å². The third-order valence-electron chi connectivity index (χ3n) is 19.5. The second kappa shape index (κ2) is 33.9. The number of aromatic nitrogens is 1. The summed E-state index contributed by atoms with van der Waals surface area (Å²) in [6.45, 7) is 18.4. The number of carbonyl (C=O) groups excluding carboxylic acids is 9. The molecule has 1 aromatic heterocycles. The Morgan fingerprint density at radius 1 is 0.856 bits per heavy atom. The Labute approximate surface area is 601 Å². The molecule has 11 N–H and O–H groups in total. The summed E-state index contributed by atoms with van der Waals surface area (Å²) in [7, 11) is 1.42. The molecule has 8 amide bonds. The van der Waals surface area contributed by atoms with Gasteiger partial charge in [-0.15, -0.1) is 0 Å². The van der Waals surface area contributed by atoms with Gasteiger partial charge in [0, 0.05) is 143 Å². The lowest BCUT2D eigenvalue weighted by atomic mass is 9.78. The number of aliphatic hydroxyl groups excluding tert-OH is 2. The van der Waals surface area contributed by atoms with Crippen LogP contribution in [-0.4, -0.2) is 167 Å². The topological polar surface area (TPSA) is 408 Å². The Bertz CT molecular complexity index is 4300. The summed E-state index contributed by atoms with van der Waals surface area (Å²) in [6.07, 6.45) is 7.40. The number of primary amides is 1. The van der Waals surface area contributed by atoms with E-state index in [0.29, 0.717) is 62.4 Å². The van der Waals surface area contributed by atoms with Gasteiger partial charge in [-0.2, -0.15) is 0 Å². The summed E-state index contributed by atoms with van der Waals surface area (Å²) in [6, 6.07) is 7.19. The molecule has 4 aliphatic rings. The summed E-state index contributed by atoms with van der Waals surface area (Å²) >= 11 is 0. The van der Waals surface area contributed by atoms with Crippen LogP contribution in [-0.2, 0) is 54.4 Å². The molecule has 11 atom stereocenters. The minimum absolute atomic E-state index is 0.0607. The summed E-state index contributed by atoms with van der Waals surface area (Å²) in [5, 5.41) is 52.4. The summed E-state index contributed by atoms with van der Waals surface area (Å²) in [5.41, 5.74) is 5.30. The maximum Gasteiger partial charge on any atom is 0.312 e. The van der Waals surface area contributed by atoms with Crippen molar-refractivity contribution in [2.45, 2.75) is 157 Å². The van der Waals surface area contributed by atoms with E-state index in [-0.39, 0.29) is 112 Å². The van der Waals surface area contributed by atoms with Crippen molar-refractivity contribution < 1.29 is 86.6 Å². The van der Waals surface area contributed by atoms with E-state index in [1.54, 1.807) is 90.1 Å². The zero-order valence-corrected chi connectivity index (χ0v) is 60.3. The number of fused-ring (bicyclic) bond motifs is 2. The number of nitrogens with zero attached hydrogens (tertiary/aromatic N) is 3. The Morgan fingerprint density at radius 2 is 1.56 bits per heavy atom. The van der Waals surface area contributed by atoms with Gasteiger partial charge in [-0.3, -0.25) is 48.1 Å². The van der Waals surface area contributed by atoms with Gasteiger partial charge in [0.15, 0.2) is 28.1 Å². The number of aliphatic hydroxyl groups is 2. The van der Waals surface area contributed by atoms with Crippen molar-refractivity contribution in [1.29, 1.82) is 0 Å². The number of hydrogen-bond donors (Lipinski definition) is 10. The van der Waals surface area contributed by atoms with Crippen LogP contribution in [0.15, 0.2) is 93.9 Å². The molecule has 4 aliphatic heterocycles. The number of carbonyl (C=O) groups is 9. The van der Waals surface area contributed by atoms with Crippen LogP contribution in [0, 0.1) is 36.5 Å². The number of anilines is 3. The number of phenols is 1. The van der Waals surface area contributed by atoms with E-state index in [0.717, 1.165) is 4.90 Å². The van der Waals surface area contributed by atoms with Crippen LogP contribution in [0.3, 0.4) is 0 Å². The van der Waals surface area contributed by atoms with Gasteiger partial charge in [0.05, 0.1) is 35.5 Å². The van der Waals surface area contributed by atoms with Gasteiger partial charge in [-0.1, -0.05) is 78.3 Å². The maximum atomic E-state index is 15.3. The predicted octanol–water partition coefficient (Wildman–Crippen LogP) is 6.48. The van der Waals surface area contributed by atoms with Crippen molar-refractivity contribution in [2.75, 3.05) is 61.9 Å². The number of nitrogens with one attached hydrogen (secondary N) is 6. The number of rotatable bonds is 22. The zero-order valence-electron chi connectivity index (χ0n) is 60.3. The number of nitrogens with two attached hydrogens (primary N) is 1. The lowest BCUT2D eigenvalue weighted by Gasteiger charge is -2.38. The first kappa shape index (κ1) is 77.9. The standard InChI is InChI=1S/C75H94N10O19/c1-38(2)59(81-53(87)20-13-12-14-31-85-54(88)25-26-55(85)89)73(97)80-49(19-16-28-78-74(76)98)72(96)79-47-23-21-46(22-24-47)37-100-51-35-48(84-32-29-77-30-33-84)36-52-60(51)82-61-56-57-65(92)44(8)68-58(56)70(94)75(10,104-68)101-34-27-50(99-11)41(5)67(102-45(9)86)43(7)64(91)42(6)63(90)39(3)17-15-18-40(4)71(95)83-62(66(57)93)69(61)103-52/h15,17-18,21-27,34-36,38-39,41-43,49-50,59,63-64,67,77,90-91,93H,12-14,16,19-20,28-33,37H2,1-11H3,(H,79,96)(H,80,97)(H,81,87)(H,83,95)(H3,76,78,98)/b17-15+,34-27+,40-18-/t39-,41+,42+,43+,49-,50-,59-,63-,64+,67+,75-/m0/s1. The summed E-state index contributed by atoms with van der Waals surface area (Å²) < 4.78 is 37.8. The highest BCUT2D eigenvalue weighted by Gasteiger charge is 2.50. The van der Waals surface area contributed by atoms with Crippen molar-refractivity contribution in [1.82, 2.24) is 31.2 Å². The van der Waals surface area contributed by atoms with Gasteiger partial charge in [0.2, 0.25) is 17.7 Å². The number of unbranched alkanes of at least 4 members (excludes halogenated alkanes) is 2. The number of aromatic hydroxyl groups is 1. The largest absolute Gasteiger partial charge is 0.505 e. The smallest absolute Gasteiger partial charge is 0.312 e. The number of piperazine rings is 1. The first-order valence-electron chi connectivity index (χ1n) is 35.0. The first-order chi connectivity index (χ1) is 49.4.